The van der Waals surface area contributed by atoms with Gasteiger partial charge in [-0.3, -0.25) is 9.59 Å². The molecule has 3 unspecified atom stereocenters. The molecule has 5 atom stereocenters. The monoisotopic (exact) mass is 251 g/mol. The molecule has 1 fully saturated rings. The van der Waals surface area contributed by atoms with E-state index in [1.165, 1.54) is 0 Å². The summed E-state index contributed by atoms with van der Waals surface area (Å²) in [6, 6.07) is 0.125. The minimum atomic E-state index is -0.838. The van der Waals surface area contributed by atoms with Gasteiger partial charge in [0.25, 0.3) is 0 Å². The lowest BCUT2D eigenvalue weighted by Gasteiger charge is -2.25. The first-order valence-electron chi connectivity index (χ1n) is 6.76. The Morgan fingerprint density at radius 1 is 1.33 bits per heavy atom. The van der Waals surface area contributed by atoms with Crippen molar-refractivity contribution in [2.75, 3.05) is 0 Å². The van der Waals surface area contributed by atoms with Crippen molar-refractivity contribution >= 4 is 11.9 Å². The van der Waals surface area contributed by atoms with E-state index in [4.69, 9.17) is 0 Å². The van der Waals surface area contributed by atoms with E-state index in [0.29, 0.717) is 0 Å². The Morgan fingerprint density at radius 2 is 1.94 bits per heavy atom. The maximum absolute atomic E-state index is 12.2. The first-order chi connectivity index (χ1) is 8.54. The lowest BCUT2D eigenvalue weighted by molar-refractivity contribution is -0.148. The van der Waals surface area contributed by atoms with E-state index < -0.39 is 11.9 Å². The highest BCUT2D eigenvalue weighted by molar-refractivity contribution is 5.87. The van der Waals surface area contributed by atoms with Crippen molar-refractivity contribution in [3.8, 4) is 0 Å². The van der Waals surface area contributed by atoms with Gasteiger partial charge in [0.05, 0.1) is 11.8 Å². The van der Waals surface area contributed by atoms with Gasteiger partial charge in [0.15, 0.2) is 0 Å². The third kappa shape index (κ3) is 2.28. The summed E-state index contributed by atoms with van der Waals surface area (Å²) >= 11 is 0. The molecule has 4 heteroatoms. The van der Waals surface area contributed by atoms with Gasteiger partial charge < -0.3 is 10.4 Å². The molecule has 0 spiro atoms. The van der Waals surface area contributed by atoms with Crippen LogP contribution in [0.4, 0.5) is 0 Å². The summed E-state index contributed by atoms with van der Waals surface area (Å²) in [7, 11) is 0. The average molecular weight is 251 g/mol. The van der Waals surface area contributed by atoms with E-state index in [-0.39, 0.29) is 29.7 Å². The summed E-state index contributed by atoms with van der Waals surface area (Å²) in [6.07, 6.45) is 6.74. The van der Waals surface area contributed by atoms with E-state index in [0.717, 1.165) is 19.3 Å². The van der Waals surface area contributed by atoms with Gasteiger partial charge in [0.2, 0.25) is 5.91 Å². The van der Waals surface area contributed by atoms with Crippen LogP contribution in [0.3, 0.4) is 0 Å². The number of hydrogen-bond acceptors (Lipinski definition) is 2. The summed E-state index contributed by atoms with van der Waals surface area (Å²) in [6.45, 7) is 4.04. The van der Waals surface area contributed by atoms with Gasteiger partial charge in [-0.1, -0.05) is 25.5 Å². The van der Waals surface area contributed by atoms with Crippen molar-refractivity contribution in [3.05, 3.63) is 12.2 Å². The molecule has 2 bridgehead atoms. The molecule has 1 saturated carbocycles. The molecule has 0 aliphatic heterocycles. The molecule has 0 aromatic carbocycles. The summed E-state index contributed by atoms with van der Waals surface area (Å²) < 4.78 is 0. The fourth-order valence-electron chi connectivity index (χ4n) is 3.36. The second-order valence-electron chi connectivity index (χ2n) is 5.54. The first-order valence-corrected chi connectivity index (χ1v) is 6.76. The van der Waals surface area contributed by atoms with Gasteiger partial charge >= 0.3 is 5.97 Å². The van der Waals surface area contributed by atoms with Gasteiger partial charge in [-0.05, 0) is 31.6 Å². The van der Waals surface area contributed by atoms with Crippen LogP contribution in [0.5, 0.6) is 0 Å². The van der Waals surface area contributed by atoms with Crippen molar-refractivity contribution in [1.82, 2.24) is 5.32 Å². The topological polar surface area (TPSA) is 66.4 Å². The number of carboxylic acids is 1. The third-order valence-corrected chi connectivity index (χ3v) is 4.16. The number of rotatable bonds is 5. The maximum atomic E-state index is 12.2. The van der Waals surface area contributed by atoms with E-state index >= 15 is 0 Å². The van der Waals surface area contributed by atoms with E-state index in [1.807, 2.05) is 19.1 Å². The Balaban J connectivity index is 2.05. The van der Waals surface area contributed by atoms with Crippen molar-refractivity contribution < 1.29 is 14.7 Å². The highest BCUT2D eigenvalue weighted by Crippen LogP contribution is 2.48. The van der Waals surface area contributed by atoms with Gasteiger partial charge in [-0.25, -0.2) is 0 Å². The average Bonchev–Trinajstić information content (AvgIpc) is 2.88. The summed E-state index contributed by atoms with van der Waals surface area (Å²) in [4.78, 5) is 23.5. The van der Waals surface area contributed by atoms with Crippen LogP contribution in [0, 0.1) is 23.7 Å². The smallest absolute Gasteiger partial charge is 0.307 e. The molecular weight excluding hydrogens is 230 g/mol. The van der Waals surface area contributed by atoms with Gasteiger partial charge in [0, 0.05) is 6.04 Å². The molecule has 2 aliphatic carbocycles. The van der Waals surface area contributed by atoms with Crippen LogP contribution < -0.4 is 5.32 Å². The number of carbonyl (C=O) groups excluding carboxylic acids is 1. The molecule has 4 nitrogen and oxygen atoms in total. The van der Waals surface area contributed by atoms with Crippen molar-refractivity contribution in [3.63, 3.8) is 0 Å². The number of nitrogens with one attached hydrogen (secondary N) is 1. The molecule has 2 rings (SSSR count). The van der Waals surface area contributed by atoms with Gasteiger partial charge in [0.1, 0.15) is 0 Å². The number of amides is 1. The molecule has 0 aromatic rings. The lowest BCUT2D eigenvalue weighted by Crippen LogP contribution is -2.43. The van der Waals surface area contributed by atoms with E-state index in [2.05, 4.69) is 12.2 Å². The Labute approximate surface area is 107 Å². The predicted molar refractivity (Wildman–Crippen MR) is 67.9 cm³/mol. The lowest BCUT2D eigenvalue weighted by atomic mass is 9.82. The molecule has 1 amide bonds. The van der Waals surface area contributed by atoms with Crippen molar-refractivity contribution in [2.24, 2.45) is 23.7 Å². The number of aliphatic carboxylic acids is 1. The SMILES string of the molecule is CCCC(C)NC(=O)[C@H]1C2C=CC(C2)[C@H]1C(=O)O. The Kier molecular flexibility index (Phi) is 3.73. The van der Waals surface area contributed by atoms with Crippen LogP contribution in [0.25, 0.3) is 0 Å². The normalized spacial score (nSPS) is 34.6. The van der Waals surface area contributed by atoms with E-state index in [9.17, 15) is 14.7 Å². The third-order valence-electron chi connectivity index (χ3n) is 4.16. The number of carboxylic acid groups (broad SMARTS) is 1. The number of fused-ring (bicyclic) bond motifs is 2. The Morgan fingerprint density at radius 3 is 2.50 bits per heavy atom. The molecule has 0 aromatic heterocycles. The van der Waals surface area contributed by atoms with Gasteiger partial charge in [-0.2, -0.15) is 0 Å². The van der Waals surface area contributed by atoms with Crippen molar-refractivity contribution in [1.29, 1.82) is 0 Å². The van der Waals surface area contributed by atoms with Crippen LogP contribution in [0.15, 0.2) is 12.2 Å². The molecule has 2 N–H and O–H groups in total. The molecule has 18 heavy (non-hydrogen) atoms. The number of hydrogen-bond donors (Lipinski definition) is 2. The van der Waals surface area contributed by atoms with Crippen LogP contribution in [0.2, 0.25) is 0 Å². The quantitative estimate of drug-likeness (QED) is 0.732. The largest absolute Gasteiger partial charge is 0.481 e. The first kappa shape index (κ1) is 13.1. The molecule has 0 radical (unpaired) electrons. The summed E-state index contributed by atoms with van der Waals surface area (Å²) in [5, 5.41) is 12.2. The van der Waals surface area contributed by atoms with Crippen LogP contribution in [-0.4, -0.2) is 23.0 Å². The Bertz CT molecular complexity index is 377. The standard InChI is InChI=1S/C14H21NO3/c1-3-4-8(2)15-13(16)11-9-5-6-10(7-9)12(11)14(17)18/h5-6,8-12H,3-4,7H2,1-2H3,(H,15,16)(H,17,18)/t8?,9?,10?,11-,12+/m0/s1. The van der Waals surface area contributed by atoms with E-state index in [1.54, 1.807) is 0 Å². The molecule has 2 aliphatic rings. The Hall–Kier alpha value is -1.32. The zero-order chi connectivity index (χ0) is 13.3. The highest BCUT2D eigenvalue weighted by atomic mass is 16.4. The number of allylic oxidation sites excluding steroid dienone is 2. The minimum Gasteiger partial charge on any atom is -0.481 e. The zero-order valence-electron chi connectivity index (χ0n) is 10.9. The number of carbonyl (C=O) groups is 2. The molecule has 100 valence electrons. The maximum Gasteiger partial charge on any atom is 0.307 e. The highest BCUT2D eigenvalue weighted by Gasteiger charge is 2.51. The summed E-state index contributed by atoms with van der Waals surface area (Å²) in [5.41, 5.74) is 0. The van der Waals surface area contributed by atoms with Crippen molar-refractivity contribution in [2.45, 2.75) is 39.2 Å². The second-order valence-corrected chi connectivity index (χ2v) is 5.54. The van der Waals surface area contributed by atoms with Crippen LogP contribution in [-0.2, 0) is 9.59 Å². The van der Waals surface area contributed by atoms with Crippen LogP contribution >= 0.6 is 0 Å². The fraction of sp³-hybridized carbons (Fsp3) is 0.714. The predicted octanol–water partition coefficient (Wildman–Crippen LogP) is 1.81. The second kappa shape index (κ2) is 5.12. The zero-order valence-corrected chi connectivity index (χ0v) is 10.9. The molecular formula is C14H21NO3. The minimum absolute atomic E-state index is 0.0460. The van der Waals surface area contributed by atoms with Crippen LogP contribution in [0.1, 0.15) is 33.1 Å². The fourth-order valence-corrected chi connectivity index (χ4v) is 3.36. The van der Waals surface area contributed by atoms with Gasteiger partial charge in [-0.15, -0.1) is 0 Å². The molecule has 0 heterocycles. The molecule has 0 saturated heterocycles. The summed E-state index contributed by atoms with van der Waals surface area (Å²) in [5.74, 6) is -1.67.